The number of ketones is 1. The molecule has 0 amide bonds. The fourth-order valence-corrected chi connectivity index (χ4v) is 7.81. The van der Waals surface area contributed by atoms with Gasteiger partial charge < -0.3 is 8.85 Å². The van der Waals surface area contributed by atoms with Gasteiger partial charge >= 0.3 is 0 Å². The standard InChI is InChI=1S/C24H38O3Si2/c1-24-13-12-17-18(20(24)10-11-23(24)25)9-8-16-14-21(26-28(2,3)4)22(15-19(16)17)27-29(5,6)7/h14-15,17-18,20H,8-13H2,1-7H3/t17-,18+,20-,24-/m0/s1. The van der Waals surface area contributed by atoms with Crippen LogP contribution in [0.5, 0.6) is 11.5 Å². The first-order chi connectivity index (χ1) is 13.4. The molecular formula is C24H38O3Si2. The summed E-state index contributed by atoms with van der Waals surface area (Å²) in [5.74, 6) is 4.24. The third-order valence-corrected chi connectivity index (χ3v) is 9.00. The zero-order valence-electron chi connectivity index (χ0n) is 19.4. The monoisotopic (exact) mass is 430 g/mol. The number of hydrogen-bond acceptors (Lipinski definition) is 3. The SMILES string of the molecule is C[C@]12CC[C@@H]3c4cc(O[Si](C)(C)C)c(O[Si](C)(C)C)cc4CC[C@H]3[C@@H]1CCC2=O. The van der Waals surface area contributed by atoms with E-state index in [9.17, 15) is 4.79 Å². The van der Waals surface area contributed by atoms with Gasteiger partial charge in [-0.25, -0.2) is 0 Å². The van der Waals surface area contributed by atoms with Gasteiger partial charge in [0.25, 0.3) is 0 Å². The van der Waals surface area contributed by atoms with Crippen LogP contribution in [-0.2, 0) is 11.2 Å². The van der Waals surface area contributed by atoms with Crippen molar-refractivity contribution in [1.29, 1.82) is 0 Å². The maximum absolute atomic E-state index is 12.6. The molecule has 4 rings (SSSR count). The van der Waals surface area contributed by atoms with Gasteiger partial charge in [-0.15, -0.1) is 0 Å². The molecule has 29 heavy (non-hydrogen) atoms. The fraction of sp³-hybridized carbons (Fsp3) is 0.708. The number of hydrogen-bond donors (Lipinski definition) is 0. The average molecular weight is 431 g/mol. The zero-order chi connectivity index (χ0) is 21.2. The summed E-state index contributed by atoms with van der Waals surface area (Å²) in [5.41, 5.74) is 2.88. The quantitative estimate of drug-likeness (QED) is 0.509. The molecule has 0 heterocycles. The Morgan fingerprint density at radius 1 is 0.897 bits per heavy atom. The topological polar surface area (TPSA) is 35.5 Å². The highest BCUT2D eigenvalue weighted by Crippen LogP contribution is 2.60. The van der Waals surface area contributed by atoms with Crippen molar-refractivity contribution in [3.8, 4) is 11.5 Å². The minimum atomic E-state index is -1.75. The van der Waals surface area contributed by atoms with Crippen LogP contribution >= 0.6 is 0 Å². The lowest BCUT2D eigenvalue weighted by Crippen LogP contribution is -2.42. The second kappa shape index (κ2) is 6.98. The number of rotatable bonds is 4. The molecule has 0 aromatic heterocycles. The molecule has 5 heteroatoms. The Kier molecular flexibility index (Phi) is 5.09. The molecule has 0 saturated heterocycles. The van der Waals surface area contributed by atoms with Gasteiger partial charge in [0, 0.05) is 11.8 Å². The van der Waals surface area contributed by atoms with E-state index in [4.69, 9.17) is 8.85 Å². The molecule has 0 bridgehead atoms. The maximum Gasteiger partial charge on any atom is 0.242 e. The van der Waals surface area contributed by atoms with Crippen LogP contribution in [0.25, 0.3) is 0 Å². The Morgan fingerprint density at radius 2 is 1.52 bits per heavy atom. The van der Waals surface area contributed by atoms with Gasteiger partial charge in [-0.3, -0.25) is 4.79 Å². The number of carbonyl (C=O) groups is 1. The number of carbonyl (C=O) groups excluding carboxylic acids is 1. The van der Waals surface area contributed by atoms with Gasteiger partial charge in [0.1, 0.15) is 17.3 Å². The normalized spacial score (nSPS) is 31.7. The molecule has 3 nitrogen and oxygen atoms in total. The molecule has 4 atom stereocenters. The molecule has 3 aliphatic carbocycles. The number of Topliss-reactive ketones (excluding diaryl/α,β-unsaturated/α-hetero) is 1. The summed E-state index contributed by atoms with van der Waals surface area (Å²) in [6.07, 6.45) is 6.40. The van der Waals surface area contributed by atoms with E-state index >= 15 is 0 Å². The number of fused-ring (bicyclic) bond motifs is 5. The molecular weight excluding hydrogens is 392 g/mol. The van der Waals surface area contributed by atoms with Crippen LogP contribution in [0, 0.1) is 17.3 Å². The maximum atomic E-state index is 12.6. The van der Waals surface area contributed by atoms with Crippen LogP contribution in [0.3, 0.4) is 0 Å². The Morgan fingerprint density at radius 3 is 2.14 bits per heavy atom. The van der Waals surface area contributed by atoms with Crippen molar-refractivity contribution in [2.24, 2.45) is 17.3 Å². The van der Waals surface area contributed by atoms with Crippen molar-refractivity contribution in [2.75, 3.05) is 0 Å². The van der Waals surface area contributed by atoms with Crippen molar-refractivity contribution in [3.05, 3.63) is 23.3 Å². The van der Waals surface area contributed by atoms with Crippen LogP contribution in [-0.4, -0.2) is 22.4 Å². The van der Waals surface area contributed by atoms with Crippen molar-refractivity contribution >= 4 is 22.4 Å². The summed E-state index contributed by atoms with van der Waals surface area (Å²) in [6, 6.07) is 4.63. The van der Waals surface area contributed by atoms with E-state index in [0.29, 0.717) is 23.5 Å². The lowest BCUT2D eigenvalue weighted by Gasteiger charge is -2.48. The van der Waals surface area contributed by atoms with Crippen LogP contribution in [0.2, 0.25) is 39.3 Å². The number of benzene rings is 1. The predicted molar refractivity (Wildman–Crippen MR) is 124 cm³/mol. The molecule has 0 unspecified atom stereocenters. The highest BCUT2D eigenvalue weighted by molar-refractivity contribution is 6.71. The number of aryl methyl sites for hydroxylation is 1. The van der Waals surface area contributed by atoms with Crippen molar-refractivity contribution in [3.63, 3.8) is 0 Å². The smallest absolute Gasteiger partial charge is 0.242 e. The van der Waals surface area contributed by atoms with Gasteiger partial charge in [-0.05, 0) is 112 Å². The largest absolute Gasteiger partial charge is 0.542 e. The Balaban J connectivity index is 1.72. The third-order valence-electron chi connectivity index (χ3n) is 7.33. The van der Waals surface area contributed by atoms with Gasteiger partial charge in [-0.1, -0.05) is 6.92 Å². The summed E-state index contributed by atoms with van der Waals surface area (Å²) in [4.78, 5) is 12.6. The van der Waals surface area contributed by atoms with Crippen LogP contribution in [0.15, 0.2) is 12.1 Å². The molecule has 1 aromatic rings. The molecule has 0 radical (unpaired) electrons. The van der Waals surface area contributed by atoms with Gasteiger partial charge in [0.15, 0.2) is 0 Å². The van der Waals surface area contributed by atoms with Gasteiger partial charge in [0.2, 0.25) is 16.6 Å². The first-order valence-electron chi connectivity index (χ1n) is 11.5. The summed E-state index contributed by atoms with van der Waals surface area (Å²) in [7, 11) is -3.47. The van der Waals surface area contributed by atoms with Crippen LogP contribution < -0.4 is 8.85 Å². The van der Waals surface area contributed by atoms with Gasteiger partial charge in [-0.2, -0.15) is 0 Å². The second-order valence-corrected chi connectivity index (χ2v) is 20.6. The van der Waals surface area contributed by atoms with E-state index in [2.05, 4.69) is 58.3 Å². The third kappa shape index (κ3) is 3.97. The zero-order valence-corrected chi connectivity index (χ0v) is 21.4. The second-order valence-electron chi connectivity index (χ2n) is 11.8. The van der Waals surface area contributed by atoms with E-state index in [1.807, 2.05) is 0 Å². The van der Waals surface area contributed by atoms with Crippen LogP contribution in [0.4, 0.5) is 0 Å². The molecule has 0 N–H and O–H groups in total. The summed E-state index contributed by atoms with van der Waals surface area (Å²) >= 11 is 0. The molecule has 0 spiro atoms. The molecule has 0 aliphatic heterocycles. The van der Waals surface area contributed by atoms with E-state index in [-0.39, 0.29) is 5.41 Å². The minimum absolute atomic E-state index is 0.0583. The van der Waals surface area contributed by atoms with Crippen molar-refractivity contribution < 1.29 is 13.6 Å². The lowest BCUT2D eigenvalue weighted by atomic mass is 9.55. The van der Waals surface area contributed by atoms with Crippen molar-refractivity contribution in [2.45, 2.75) is 90.6 Å². The van der Waals surface area contributed by atoms with Crippen LogP contribution in [0.1, 0.15) is 56.1 Å². The Labute approximate surface area is 178 Å². The highest BCUT2D eigenvalue weighted by Gasteiger charge is 2.54. The Hall–Kier alpha value is -1.08. The van der Waals surface area contributed by atoms with E-state index < -0.39 is 16.6 Å². The summed E-state index contributed by atoms with van der Waals surface area (Å²) < 4.78 is 13.0. The average Bonchev–Trinajstić information content (AvgIpc) is 2.88. The molecule has 3 aliphatic rings. The summed E-state index contributed by atoms with van der Waals surface area (Å²) in [6.45, 7) is 15.7. The fourth-order valence-electron chi connectivity index (χ4n) is 6.17. The molecule has 2 fully saturated rings. The first-order valence-corrected chi connectivity index (χ1v) is 18.3. The lowest BCUT2D eigenvalue weighted by molar-refractivity contribution is -0.129. The molecule has 160 valence electrons. The van der Waals surface area contributed by atoms with Crippen molar-refractivity contribution in [1.82, 2.24) is 0 Å². The van der Waals surface area contributed by atoms with E-state index in [0.717, 1.165) is 43.6 Å². The molecule has 2 saturated carbocycles. The van der Waals surface area contributed by atoms with E-state index in [1.165, 1.54) is 17.5 Å². The molecule has 1 aromatic carbocycles. The van der Waals surface area contributed by atoms with E-state index in [1.54, 1.807) is 0 Å². The highest BCUT2D eigenvalue weighted by atomic mass is 28.4. The van der Waals surface area contributed by atoms with Gasteiger partial charge in [0.05, 0.1) is 0 Å². The minimum Gasteiger partial charge on any atom is -0.542 e. The first kappa shape index (κ1) is 21.2. The predicted octanol–water partition coefficient (Wildman–Crippen LogP) is 6.54. The summed E-state index contributed by atoms with van der Waals surface area (Å²) in [5, 5.41) is 0. The Bertz CT molecular complexity index is 821.